The van der Waals surface area contributed by atoms with Gasteiger partial charge in [-0.2, -0.15) is 0 Å². The summed E-state index contributed by atoms with van der Waals surface area (Å²) >= 11 is 0. The summed E-state index contributed by atoms with van der Waals surface area (Å²) in [6, 6.07) is 0. The van der Waals surface area contributed by atoms with Crippen LogP contribution in [0, 0.1) is 5.92 Å². The third kappa shape index (κ3) is 35.9. The van der Waals surface area contributed by atoms with Crippen molar-refractivity contribution in [3.05, 3.63) is 0 Å². The molecule has 560 valence electrons. The van der Waals surface area contributed by atoms with E-state index >= 15 is 0 Å². The molecular formula is C70H131O24P. The van der Waals surface area contributed by atoms with Gasteiger partial charge in [0.25, 0.3) is 0 Å². The molecule has 1 aliphatic carbocycles. The Kier molecular flexibility index (Phi) is 47.7. The van der Waals surface area contributed by atoms with Crippen molar-refractivity contribution in [3.63, 3.8) is 0 Å². The first-order valence-electron chi connectivity index (χ1n) is 37.2. The molecule has 2 heterocycles. The van der Waals surface area contributed by atoms with Crippen LogP contribution in [0.15, 0.2) is 0 Å². The number of unbranched alkanes of at least 4 members (excludes halogenated alkanes) is 32. The van der Waals surface area contributed by atoms with Crippen LogP contribution in [0.25, 0.3) is 0 Å². The van der Waals surface area contributed by atoms with Gasteiger partial charge in [-0.1, -0.05) is 252 Å². The molecule has 24 nitrogen and oxygen atoms in total. The minimum absolute atomic E-state index is 0.0327. The zero-order chi connectivity index (χ0) is 69.8. The predicted octanol–water partition coefficient (Wildman–Crippen LogP) is 9.65. The van der Waals surface area contributed by atoms with Gasteiger partial charge < -0.3 is 89.1 Å². The number of phosphoric ester groups is 1. The molecular weight excluding hydrogens is 1260 g/mol. The highest BCUT2D eigenvalue weighted by Gasteiger charge is 2.58. The lowest BCUT2D eigenvalue weighted by molar-refractivity contribution is -0.360. The van der Waals surface area contributed by atoms with E-state index in [4.69, 9.17) is 42.2 Å². The number of ether oxygens (including phenoxy) is 7. The summed E-state index contributed by atoms with van der Waals surface area (Å²) in [5, 5.41) is 110. The van der Waals surface area contributed by atoms with Gasteiger partial charge in [0.1, 0.15) is 98.7 Å². The van der Waals surface area contributed by atoms with E-state index < -0.39 is 156 Å². The highest BCUT2D eigenvalue weighted by atomic mass is 31.2. The minimum atomic E-state index is -5.69. The Morgan fingerprint density at radius 1 is 0.400 bits per heavy atom. The predicted molar refractivity (Wildman–Crippen MR) is 356 cm³/mol. The fourth-order valence-electron chi connectivity index (χ4n) is 12.6. The Hall–Kier alpha value is -2.04. The molecule has 0 amide bonds. The molecule has 2 saturated heterocycles. The highest BCUT2D eigenvalue weighted by Crippen LogP contribution is 2.49. The Bertz CT molecular complexity index is 1990. The summed E-state index contributed by atoms with van der Waals surface area (Å²) in [5.74, 6) is -1.28. The van der Waals surface area contributed by atoms with E-state index in [-0.39, 0.29) is 19.3 Å². The van der Waals surface area contributed by atoms with Gasteiger partial charge in [-0.25, -0.2) is 4.57 Å². The van der Waals surface area contributed by atoms with Crippen LogP contribution in [-0.4, -0.2) is 204 Å². The van der Waals surface area contributed by atoms with Crippen LogP contribution in [0.5, 0.6) is 0 Å². The van der Waals surface area contributed by atoms with Gasteiger partial charge in [0.2, 0.25) is 0 Å². The quantitative estimate of drug-likeness (QED) is 0.0117. The third-order valence-corrected chi connectivity index (χ3v) is 19.8. The molecule has 0 aromatic heterocycles. The van der Waals surface area contributed by atoms with Gasteiger partial charge >= 0.3 is 25.7 Å². The first-order chi connectivity index (χ1) is 45.7. The summed E-state index contributed by atoms with van der Waals surface area (Å²) in [6.07, 6.45) is 6.19. The van der Waals surface area contributed by atoms with E-state index in [1.54, 1.807) is 0 Å². The second kappa shape index (κ2) is 52.0. The Morgan fingerprint density at radius 2 is 0.737 bits per heavy atom. The molecule has 25 heteroatoms. The molecule has 0 bridgehead atoms. The van der Waals surface area contributed by atoms with E-state index in [0.29, 0.717) is 25.2 Å². The minimum Gasteiger partial charge on any atom is -0.463 e. The maximum Gasteiger partial charge on any atom is 0.472 e. The SMILES string of the molecule is CCCCCCCCCCCCCCC(=O)OCC1OC(OC2C(O)C(O)C(O)C(OC3OC(CO)C(O)C(O)C3O)C2OP(=O)(O)OCC(COC(=O)CCCCCCCCC(C)CCCCCCCC)OC(=O)CCCCCCCCCCCCCC)C(O)C(O)C1O. The Morgan fingerprint density at radius 3 is 1.14 bits per heavy atom. The number of esters is 3. The summed E-state index contributed by atoms with van der Waals surface area (Å²) in [7, 11) is -5.69. The van der Waals surface area contributed by atoms with E-state index in [9.17, 15) is 74.9 Å². The summed E-state index contributed by atoms with van der Waals surface area (Å²) in [4.78, 5) is 51.0. The Balaban J connectivity index is 1.75. The van der Waals surface area contributed by atoms with Crippen molar-refractivity contribution in [2.75, 3.05) is 26.4 Å². The van der Waals surface area contributed by atoms with Crippen molar-refractivity contribution in [2.45, 2.75) is 395 Å². The van der Waals surface area contributed by atoms with Crippen molar-refractivity contribution >= 4 is 25.7 Å². The number of hydrogen-bond acceptors (Lipinski definition) is 23. The number of carbonyl (C=O) groups excluding carboxylic acids is 3. The topological polar surface area (TPSA) is 374 Å². The highest BCUT2D eigenvalue weighted by molar-refractivity contribution is 7.47. The monoisotopic (exact) mass is 1390 g/mol. The molecule has 0 radical (unpaired) electrons. The van der Waals surface area contributed by atoms with Crippen LogP contribution in [-0.2, 0) is 61.2 Å². The molecule has 3 aliphatic rings. The number of aliphatic hydroxyl groups excluding tert-OH is 10. The Labute approximate surface area is 568 Å². The third-order valence-electron chi connectivity index (χ3n) is 18.8. The van der Waals surface area contributed by atoms with Crippen molar-refractivity contribution in [1.29, 1.82) is 0 Å². The van der Waals surface area contributed by atoms with E-state index in [2.05, 4.69) is 27.7 Å². The zero-order valence-corrected chi connectivity index (χ0v) is 59.3. The molecule has 19 atom stereocenters. The van der Waals surface area contributed by atoms with Crippen molar-refractivity contribution < 1.29 is 117 Å². The molecule has 1 saturated carbocycles. The maximum atomic E-state index is 14.3. The number of phosphoric acid groups is 1. The number of carbonyl (C=O) groups is 3. The maximum absolute atomic E-state index is 14.3. The molecule has 19 unspecified atom stereocenters. The van der Waals surface area contributed by atoms with Crippen LogP contribution >= 0.6 is 7.82 Å². The van der Waals surface area contributed by atoms with E-state index in [1.807, 2.05) is 0 Å². The van der Waals surface area contributed by atoms with Gasteiger partial charge in [0.15, 0.2) is 18.7 Å². The van der Waals surface area contributed by atoms with Crippen molar-refractivity contribution in [2.24, 2.45) is 5.92 Å². The van der Waals surface area contributed by atoms with Gasteiger partial charge in [-0.15, -0.1) is 0 Å². The lowest BCUT2D eigenvalue weighted by Gasteiger charge is -2.49. The molecule has 2 aliphatic heterocycles. The second-order valence-corrected chi connectivity index (χ2v) is 28.7. The van der Waals surface area contributed by atoms with E-state index in [0.717, 1.165) is 96.3 Å². The fraction of sp³-hybridized carbons (Fsp3) is 0.957. The first-order valence-corrected chi connectivity index (χ1v) is 38.7. The summed E-state index contributed by atoms with van der Waals surface area (Å²) < 4.78 is 65.0. The molecule has 0 spiro atoms. The number of aliphatic hydroxyl groups is 10. The van der Waals surface area contributed by atoms with Gasteiger partial charge in [0.05, 0.1) is 13.2 Å². The normalized spacial score (nSPS) is 28.4. The molecule has 95 heavy (non-hydrogen) atoms. The van der Waals surface area contributed by atoms with E-state index in [1.165, 1.54) is 128 Å². The zero-order valence-electron chi connectivity index (χ0n) is 58.4. The smallest absolute Gasteiger partial charge is 0.463 e. The largest absolute Gasteiger partial charge is 0.472 e. The van der Waals surface area contributed by atoms with Crippen LogP contribution < -0.4 is 0 Å². The second-order valence-electron chi connectivity index (χ2n) is 27.3. The molecule has 0 aromatic carbocycles. The van der Waals surface area contributed by atoms with Crippen molar-refractivity contribution in [3.8, 4) is 0 Å². The summed E-state index contributed by atoms with van der Waals surface area (Å²) in [5.41, 5.74) is 0. The van der Waals surface area contributed by atoms with Crippen LogP contribution in [0.2, 0.25) is 0 Å². The number of hydrogen-bond donors (Lipinski definition) is 11. The standard InChI is InChI=1S/C70H131O24P/c1-5-8-11-14-17-19-21-23-25-27-33-39-44-55(73)87-49-53-58(76)60(78)65(83)70(91-53)93-67-63(81)61(79)62(80)66(92-69-64(82)59(77)57(75)52(46-71)90-69)68(67)94-95(84,85)88-48-51(89-56(74)45-40-35-28-26-24-22-20-18-15-12-9-6-2)47-86-54(72)43-38-34-30-29-32-37-42-50(4)41-36-31-16-13-10-7-3/h50-53,57-71,75-83H,5-49H2,1-4H3,(H,84,85). The molecule has 3 rings (SSSR count). The van der Waals surface area contributed by atoms with Crippen molar-refractivity contribution in [1.82, 2.24) is 0 Å². The molecule has 11 N–H and O–H groups in total. The number of rotatable bonds is 57. The summed E-state index contributed by atoms with van der Waals surface area (Å²) in [6.45, 7) is 5.76. The first kappa shape index (κ1) is 87.2. The van der Waals surface area contributed by atoms with Crippen LogP contribution in [0.1, 0.15) is 291 Å². The average Bonchev–Trinajstić information content (AvgIpc) is 0.764. The van der Waals surface area contributed by atoms with Gasteiger partial charge in [-0.3, -0.25) is 23.4 Å². The molecule has 0 aromatic rings. The molecule has 3 fully saturated rings. The lowest BCUT2D eigenvalue weighted by atomic mass is 9.84. The van der Waals surface area contributed by atoms with Crippen LogP contribution in [0.3, 0.4) is 0 Å². The van der Waals surface area contributed by atoms with Crippen LogP contribution in [0.4, 0.5) is 0 Å². The van der Waals surface area contributed by atoms with Gasteiger partial charge in [-0.05, 0) is 25.2 Å². The lowest BCUT2D eigenvalue weighted by Crippen LogP contribution is -2.69. The fourth-order valence-corrected chi connectivity index (χ4v) is 13.6. The van der Waals surface area contributed by atoms with Gasteiger partial charge in [0, 0.05) is 19.3 Å². The average molecular weight is 1390 g/mol.